The van der Waals surface area contributed by atoms with Crippen molar-refractivity contribution in [2.75, 3.05) is 49.2 Å². The lowest BCUT2D eigenvalue weighted by Gasteiger charge is -2.15. The topological polar surface area (TPSA) is 101 Å². The average molecular weight is 520 g/mol. The van der Waals surface area contributed by atoms with E-state index in [0.717, 1.165) is 47.4 Å². The maximum atomic E-state index is 14.7. The summed E-state index contributed by atoms with van der Waals surface area (Å²) in [6.45, 7) is 6.23. The van der Waals surface area contributed by atoms with Gasteiger partial charge in [0.1, 0.15) is 6.61 Å². The third-order valence-corrected chi connectivity index (χ3v) is 7.09. The fourth-order valence-corrected chi connectivity index (χ4v) is 5.29. The number of halogens is 1. The Bertz CT molecular complexity index is 1360. The van der Waals surface area contributed by atoms with E-state index in [1.807, 2.05) is 37.3 Å². The summed E-state index contributed by atoms with van der Waals surface area (Å²) in [4.78, 5) is 17.0. The molecule has 8 nitrogen and oxygen atoms in total. The van der Waals surface area contributed by atoms with Crippen LogP contribution in [0, 0.1) is 5.82 Å². The number of benzene rings is 2. The van der Waals surface area contributed by atoms with Crippen LogP contribution < -0.4 is 21.1 Å². The van der Waals surface area contributed by atoms with Crippen molar-refractivity contribution < 1.29 is 9.13 Å². The van der Waals surface area contributed by atoms with Crippen LogP contribution in [0.5, 0.6) is 5.75 Å². The second kappa shape index (κ2) is 11.5. The highest BCUT2D eigenvalue weighted by atomic mass is 32.1. The molecule has 1 saturated heterocycles. The SMILES string of the molecule is CCNc1nc(-c2cccc(N)c2)c(-c2ccnc(Nc3ccc(OCCN4CCCC4)c(F)c3)n2)s1. The second-order valence-corrected chi connectivity index (χ2v) is 9.78. The molecule has 1 fully saturated rings. The van der Waals surface area contributed by atoms with Gasteiger partial charge < -0.3 is 21.1 Å². The molecule has 4 aromatic rings. The number of aromatic nitrogens is 3. The number of rotatable bonds is 10. The molecule has 2 aromatic carbocycles. The number of likely N-dealkylation sites (tertiary alicyclic amines) is 1. The quantitative estimate of drug-likeness (QED) is 0.232. The molecular weight excluding hydrogens is 489 g/mol. The van der Waals surface area contributed by atoms with Gasteiger partial charge in [-0.25, -0.2) is 19.3 Å². The zero-order chi connectivity index (χ0) is 25.6. The van der Waals surface area contributed by atoms with Crippen LogP contribution in [0.1, 0.15) is 19.8 Å². The zero-order valence-electron chi connectivity index (χ0n) is 20.7. The maximum absolute atomic E-state index is 14.7. The number of ether oxygens (including phenoxy) is 1. The Balaban J connectivity index is 1.33. The van der Waals surface area contributed by atoms with Gasteiger partial charge >= 0.3 is 0 Å². The highest BCUT2D eigenvalue weighted by molar-refractivity contribution is 7.19. The summed E-state index contributed by atoms with van der Waals surface area (Å²) in [5, 5.41) is 7.18. The number of nitrogens with two attached hydrogens (primary N) is 1. The lowest BCUT2D eigenvalue weighted by Crippen LogP contribution is -2.25. The monoisotopic (exact) mass is 519 g/mol. The number of nitrogens with one attached hydrogen (secondary N) is 2. The standard InChI is InChI=1S/C27H30FN7OS/c1-2-30-27-34-24(18-6-5-7-19(29)16-18)25(37-27)22-10-11-31-26(33-22)32-20-8-9-23(21(28)17-20)36-15-14-35-12-3-4-13-35/h5-11,16-17H,2-4,12-15,29H2,1H3,(H,30,34)(H,31,32,33). The summed E-state index contributed by atoms with van der Waals surface area (Å²) in [6, 6.07) is 14.2. The first-order chi connectivity index (χ1) is 18.1. The van der Waals surface area contributed by atoms with Crippen molar-refractivity contribution in [1.29, 1.82) is 0 Å². The van der Waals surface area contributed by atoms with Gasteiger partial charge in [0, 0.05) is 42.3 Å². The smallest absolute Gasteiger partial charge is 0.227 e. The van der Waals surface area contributed by atoms with Crippen LogP contribution in [0.2, 0.25) is 0 Å². The van der Waals surface area contributed by atoms with Crippen molar-refractivity contribution >= 4 is 33.8 Å². The molecule has 0 bridgehead atoms. The van der Waals surface area contributed by atoms with E-state index >= 15 is 0 Å². The van der Waals surface area contributed by atoms with Gasteiger partial charge in [0.15, 0.2) is 16.7 Å². The van der Waals surface area contributed by atoms with Crippen LogP contribution in [0.15, 0.2) is 54.7 Å². The molecule has 1 aliphatic rings. The number of hydrogen-bond acceptors (Lipinski definition) is 9. The Morgan fingerprint density at radius 3 is 2.76 bits per heavy atom. The maximum Gasteiger partial charge on any atom is 0.227 e. The van der Waals surface area contributed by atoms with E-state index in [1.165, 1.54) is 30.2 Å². The zero-order valence-corrected chi connectivity index (χ0v) is 21.5. The third-order valence-electron chi connectivity index (χ3n) is 6.06. The van der Waals surface area contributed by atoms with Crippen molar-refractivity contribution in [3.05, 3.63) is 60.5 Å². The molecule has 5 rings (SSSR count). The Kier molecular flexibility index (Phi) is 7.76. The molecular formula is C27H30FN7OS. The van der Waals surface area contributed by atoms with E-state index in [0.29, 0.717) is 29.6 Å². The van der Waals surface area contributed by atoms with E-state index < -0.39 is 5.82 Å². The van der Waals surface area contributed by atoms with Crippen LogP contribution in [-0.2, 0) is 0 Å². The van der Waals surface area contributed by atoms with Crippen molar-refractivity contribution in [3.8, 4) is 27.6 Å². The van der Waals surface area contributed by atoms with Crippen LogP contribution >= 0.6 is 11.3 Å². The number of thiazole rings is 1. The molecule has 0 radical (unpaired) electrons. The summed E-state index contributed by atoms with van der Waals surface area (Å²) in [5.74, 6) is 0.174. The van der Waals surface area contributed by atoms with Crippen molar-refractivity contribution in [3.63, 3.8) is 0 Å². The van der Waals surface area contributed by atoms with Crippen molar-refractivity contribution in [2.24, 2.45) is 0 Å². The van der Waals surface area contributed by atoms with Gasteiger partial charge in [-0.1, -0.05) is 23.5 Å². The predicted octanol–water partition coefficient (Wildman–Crippen LogP) is 5.64. The van der Waals surface area contributed by atoms with E-state index in [-0.39, 0.29) is 5.75 Å². The molecule has 0 unspecified atom stereocenters. The van der Waals surface area contributed by atoms with Crippen molar-refractivity contribution in [1.82, 2.24) is 19.9 Å². The Labute approximate surface area is 219 Å². The van der Waals surface area contributed by atoms with E-state index in [2.05, 4.69) is 20.5 Å². The number of nitrogens with zero attached hydrogens (tertiary/aromatic N) is 4. The first-order valence-electron chi connectivity index (χ1n) is 12.4. The van der Waals surface area contributed by atoms with Gasteiger partial charge in [0.05, 0.1) is 16.3 Å². The molecule has 1 aliphatic heterocycles. The highest BCUT2D eigenvalue weighted by Gasteiger charge is 2.17. The Morgan fingerprint density at radius 2 is 1.97 bits per heavy atom. The molecule has 0 atom stereocenters. The minimum atomic E-state index is -0.427. The van der Waals surface area contributed by atoms with Gasteiger partial charge in [-0.05, 0) is 63.2 Å². The summed E-state index contributed by atoms with van der Waals surface area (Å²) < 4.78 is 20.4. The number of nitrogen functional groups attached to an aromatic ring is 1. The first kappa shape index (κ1) is 24.9. The molecule has 0 amide bonds. The molecule has 10 heteroatoms. The van der Waals surface area contributed by atoms with Gasteiger partial charge in [-0.15, -0.1) is 0 Å². The number of hydrogen-bond donors (Lipinski definition) is 3. The summed E-state index contributed by atoms with van der Waals surface area (Å²) >= 11 is 1.51. The van der Waals surface area contributed by atoms with E-state index in [4.69, 9.17) is 20.4 Å². The molecule has 4 N–H and O–H groups in total. The predicted molar refractivity (Wildman–Crippen MR) is 148 cm³/mol. The van der Waals surface area contributed by atoms with Crippen LogP contribution in [0.3, 0.4) is 0 Å². The van der Waals surface area contributed by atoms with Gasteiger partial charge in [-0.2, -0.15) is 0 Å². The molecule has 37 heavy (non-hydrogen) atoms. The Morgan fingerprint density at radius 1 is 1.11 bits per heavy atom. The van der Waals surface area contributed by atoms with Crippen LogP contribution in [0.4, 0.5) is 26.8 Å². The molecule has 3 heterocycles. The average Bonchev–Trinajstić information content (AvgIpc) is 3.56. The van der Waals surface area contributed by atoms with Gasteiger partial charge in [-0.3, -0.25) is 4.90 Å². The number of anilines is 4. The molecule has 0 spiro atoms. The van der Waals surface area contributed by atoms with Gasteiger partial charge in [0.2, 0.25) is 5.95 Å². The van der Waals surface area contributed by atoms with E-state index in [9.17, 15) is 4.39 Å². The van der Waals surface area contributed by atoms with Crippen LogP contribution in [-0.4, -0.2) is 52.6 Å². The minimum Gasteiger partial charge on any atom is -0.489 e. The van der Waals surface area contributed by atoms with Crippen molar-refractivity contribution in [2.45, 2.75) is 19.8 Å². The highest BCUT2D eigenvalue weighted by Crippen LogP contribution is 2.39. The summed E-state index contributed by atoms with van der Waals surface area (Å²) in [6.07, 6.45) is 4.12. The normalized spacial score (nSPS) is 13.6. The largest absolute Gasteiger partial charge is 0.489 e. The molecule has 192 valence electrons. The first-order valence-corrected chi connectivity index (χ1v) is 13.3. The third kappa shape index (κ3) is 6.15. The van der Waals surface area contributed by atoms with Crippen LogP contribution in [0.25, 0.3) is 21.8 Å². The Hall–Kier alpha value is -3.76. The molecule has 0 saturated carbocycles. The molecule has 2 aromatic heterocycles. The van der Waals surface area contributed by atoms with Gasteiger partial charge in [0.25, 0.3) is 0 Å². The fraction of sp³-hybridized carbons (Fsp3) is 0.296. The molecule has 0 aliphatic carbocycles. The summed E-state index contributed by atoms with van der Waals surface area (Å²) in [7, 11) is 0. The van der Waals surface area contributed by atoms with E-state index in [1.54, 1.807) is 18.3 Å². The second-order valence-electron chi connectivity index (χ2n) is 8.79. The fourth-order valence-electron chi connectivity index (χ4n) is 4.26. The summed E-state index contributed by atoms with van der Waals surface area (Å²) in [5.41, 5.74) is 9.63. The minimum absolute atomic E-state index is 0.242. The lowest BCUT2D eigenvalue weighted by atomic mass is 10.1. The lowest BCUT2D eigenvalue weighted by molar-refractivity contribution is 0.231.